The Bertz CT molecular complexity index is 669. The number of rotatable bonds is 3. The van der Waals surface area contributed by atoms with E-state index in [9.17, 15) is 4.79 Å². The summed E-state index contributed by atoms with van der Waals surface area (Å²) in [6.45, 7) is 7.73. The lowest BCUT2D eigenvalue weighted by atomic mass is 10.0. The summed E-state index contributed by atoms with van der Waals surface area (Å²) in [6, 6.07) is 9.50. The fraction of sp³-hybridized carbons (Fsp3) is 0.250. The van der Waals surface area contributed by atoms with Crippen LogP contribution in [0.2, 0.25) is 0 Å². The van der Waals surface area contributed by atoms with Crippen LogP contribution in [0.25, 0.3) is 0 Å². The lowest BCUT2D eigenvalue weighted by molar-refractivity contribution is 0.0926. The van der Waals surface area contributed by atoms with E-state index in [1.54, 1.807) is 19.1 Å². The van der Waals surface area contributed by atoms with E-state index in [1.807, 2.05) is 32.9 Å². The van der Waals surface area contributed by atoms with Crippen LogP contribution in [0.4, 0.5) is 0 Å². The standard InChI is InChI=1S/C16H18N2O2/c1-10-5-7-14(11(2)9-10)13(4)17-18-16(19)15-8-6-12(3)20-15/h5-9H,1-4H3,(H,18,19). The minimum absolute atomic E-state index is 0.264. The normalized spacial score (nSPS) is 11.5. The molecule has 2 aromatic rings. The van der Waals surface area contributed by atoms with Crippen LogP contribution in [0.5, 0.6) is 0 Å². The highest BCUT2D eigenvalue weighted by molar-refractivity contribution is 6.01. The summed E-state index contributed by atoms with van der Waals surface area (Å²) in [5, 5.41) is 4.13. The van der Waals surface area contributed by atoms with Gasteiger partial charge in [-0.05, 0) is 45.4 Å². The van der Waals surface area contributed by atoms with Crippen LogP contribution in [0.3, 0.4) is 0 Å². The molecule has 0 aliphatic rings. The Hall–Kier alpha value is -2.36. The Morgan fingerprint density at radius 2 is 1.90 bits per heavy atom. The molecular weight excluding hydrogens is 252 g/mol. The van der Waals surface area contributed by atoms with E-state index in [2.05, 4.69) is 16.6 Å². The first-order valence-electron chi connectivity index (χ1n) is 6.46. The zero-order chi connectivity index (χ0) is 14.7. The van der Waals surface area contributed by atoms with Crippen LogP contribution < -0.4 is 5.43 Å². The van der Waals surface area contributed by atoms with Crippen LogP contribution in [-0.4, -0.2) is 11.6 Å². The van der Waals surface area contributed by atoms with Crippen LogP contribution in [0, 0.1) is 20.8 Å². The van der Waals surface area contributed by atoms with Crippen LogP contribution >= 0.6 is 0 Å². The number of nitrogens with zero attached hydrogens (tertiary/aromatic N) is 1. The highest BCUT2D eigenvalue weighted by Gasteiger charge is 2.09. The molecule has 4 nitrogen and oxygen atoms in total. The first-order chi connectivity index (χ1) is 9.47. The molecule has 1 aromatic carbocycles. The van der Waals surface area contributed by atoms with Gasteiger partial charge >= 0.3 is 5.91 Å². The van der Waals surface area contributed by atoms with Crippen molar-refractivity contribution < 1.29 is 9.21 Å². The average Bonchev–Trinajstić information content (AvgIpc) is 2.82. The predicted octanol–water partition coefficient (Wildman–Crippen LogP) is 3.36. The average molecular weight is 270 g/mol. The SMILES string of the molecule is CC(=NNC(=O)c1ccc(C)o1)c1ccc(C)cc1C. The predicted molar refractivity (Wildman–Crippen MR) is 79.0 cm³/mol. The fourth-order valence-electron chi connectivity index (χ4n) is 2.03. The number of furan rings is 1. The van der Waals surface area contributed by atoms with Gasteiger partial charge in [0.25, 0.3) is 0 Å². The third kappa shape index (κ3) is 3.15. The van der Waals surface area contributed by atoms with Gasteiger partial charge in [0.2, 0.25) is 0 Å². The molecule has 2 rings (SSSR count). The number of nitrogens with one attached hydrogen (secondary N) is 1. The Morgan fingerprint density at radius 3 is 2.50 bits per heavy atom. The molecule has 1 heterocycles. The van der Waals surface area contributed by atoms with E-state index < -0.39 is 0 Å². The molecule has 1 aromatic heterocycles. The molecule has 1 N–H and O–H groups in total. The van der Waals surface area contributed by atoms with Crippen molar-refractivity contribution in [3.63, 3.8) is 0 Å². The molecule has 1 amide bonds. The molecule has 0 aliphatic carbocycles. The maximum absolute atomic E-state index is 11.8. The highest BCUT2D eigenvalue weighted by Crippen LogP contribution is 2.11. The largest absolute Gasteiger partial charge is 0.456 e. The van der Waals surface area contributed by atoms with Crippen molar-refractivity contribution in [3.8, 4) is 0 Å². The first kappa shape index (κ1) is 14.1. The number of benzene rings is 1. The third-order valence-electron chi connectivity index (χ3n) is 3.06. The van der Waals surface area contributed by atoms with Crippen LogP contribution in [0.15, 0.2) is 39.9 Å². The molecule has 4 heteroatoms. The minimum Gasteiger partial charge on any atom is -0.456 e. The second kappa shape index (κ2) is 5.74. The van der Waals surface area contributed by atoms with E-state index in [4.69, 9.17) is 4.42 Å². The molecule has 0 unspecified atom stereocenters. The van der Waals surface area contributed by atoms with Crippen molar-refractivity contribution >= 4 is 11.6 Å². The molecule has 0 aliphatic heterocycles. The van der Waals surface area contributed by atoms with Gasteiger partial charge in [0.05, 0.1) is 5.71 Å². The second-order valence-electron chi connectivity index (χ2n) is 4.87. The van der Waals surface area contributed by atoms with E-state index in [-0.39, 0.29) is 11.7 Å². The molecular formula is C16H18N2O2. The fourth-order valence-corrected chi connectivity index (χ4v) is 2.03. The Balaban J connectivity index is 2.13. The molecule has 104 valence electrons. The number of hydrazone groups is 1. The molecule has 0 saturated heterocycles. The van der Waals surface area contributed by atoms with Crippen molar-refractivity contribution in [2.45, 2.75) is 27.7 Å². The molecule has 0 bridgehead atoms. The van der Waals surface area contributed by atoms with Gasteiger partial charge in [-0.1, -0.05) is 23.8 Å². The number of amides is 1. The zero-order valence-electron chi connectivity index (χ0n) is 12.2. The minimum atomic E-state index is -0.345. The number of hydrogen-bond donors (Lipinski definition) is 1. The number of hydrogen-bond acceptors (Lipinski definition) is 3. The molecule has 0 fully saturated rings. The molecule has 0 atom stereocenters. The Kier molecular flexibility index (Phi) is 4.03. The first-order valence-corrected chi connectivity index (χ1v) is 6.46. The Labute approximate surface area is 118 Å². The van der Waals surface area contributed by atoms with E-state index in [0.29, 0.717) is 5.76 Å². The summed E-state index contributed by atoms with van der Waals surface area (Å²) >= 11 is 0. The summed E-state index contributed by atoms with van der Waals surface area (Å²) < 4.78 is 5.24. The Morgan fingerprint density at radius 1 is 1.15 bits per heavy atom. The van der Waals surface area contributed by atoms with Gasteiger partial charge in [0.1, 0.15) is 5.76 Å². The monoisotopic (exact) mass is 270 g/mol. The lowest BCUT2D eigenvalue weighted by Gasteiger charge is -2.06. The van der Waals surface area contributed by atoms with Gasteiger partial charge in [0.15, 0.2) is 5.76 Å². The highest BCUT2D eigenvalue weighted by atomic mass is 16.3. The van der Waals surface area contributed by atoms with Gasteiger partial charge < -0.3 is 4.42 Å². The van der Waals surface area contributed by atoms with E-state index in [0.717, 1.165) is 16.8 Å². The van der Waals surface area contributed by atoms with Crippen molar-refractivity contribution in [1.29, 1.82) is 0 Å². The molecule has 0 saturated carbocycles. The van der Waals surface area contributed by atoms with Gasteiger partial charge in [0, 0.05) is 5.56 Å². The van der Waals surface area contributed by atoms with Crippen LogP contribution in [-0.2, 0) is 0 Å². The van der Waals surface area contributed by atoms with Crippen molar-refractivity contribution in [1.82, 2.24) is 5.43 Å². The topological polar surface area (TPSA) is 54.6 Å². The molecule has 0 radical (unpaired) electrons. The quantitative estimate of drug-likeness (QED) is 0.686. The number of carbonyl (C=O) groups is 1. The van der Waals surface area contributed by atoms with Crippen molar-refractivity contribution in [2.24, 2.45) is 5.10 Å². The smallest absolute Gasteiger partial charge is 0.307 e. The van der Waals surface area contributed by atoms with Crippen LogP contribution in [0.1, 0.15) is 39.9 Å². The van der Waals surface area contributed by atoms with E-state index in [1.165, 1.54) is 5.56 Å². The molecule has 20 heavy (non-hydrogen) atoms. The third-order valence-corrected chi connectivity index (χ3v) is 3.06. The van der Waals surface area contributed by atoms with Gasteiger partial charge in [-0.2, -0.15) is 5.10 Å². The number of carbonyl (C=O) groups excluding carboxylic acids is 1. The summed E-state index contributed by atoms with van der Waals surface area (Å²) in [6.07, 6.45) is 0. The maximum Gasteiger partial charge on any atom is 0.307 e. The summed E-state index contributed by atoms with van der Waals surface area (Å²) in [7, 11) is 0. The van der Waals surface area contributed by atoms with Crippen molar-refractivity contribution in [2.75, 3.05) is 0 Å². The van der Waals surface area contributed by atoms with Crippen molar-refractivity contribution in [3.05, 3.63) is 58.5 Å². The van der Waals surface area contributed by atoms with Gasteiger partial charge in [-0.25, -0.2) is 5.43 Å². The summed E-state index contributed by atoms with van der Waals surface area (Å²) in [5.74, 6) is 0.618. The van der Waals surface area contributed by atoms with Gasteiger partial charge in [-0.15, -0.1) is 0 Å². The second-order valence-corrected chi connectivity index (χ2v) is 4.87. The maximum atomic E-state index is 11.8. The molecule has 0 spiro atoms. The van der Waals surface area contributed by atoms with E-state index >= 15 is 0 Å². The summed E-state index contributed by atoms with van der Waals surface area (Å²) in [4.78, 5) is 11.8. The number of aryl methyl sites for hydroxylation is 3. The van der Waals surface area contributed by atoms with Gasteiger partial charge in [-0.3, -0.25) is 4.79 Å². The summed E-state index contributed by atoms with van der Waals surface area (Å²) in [5.41, 5.74) is 6.63. The zero-order valence-corrected chi connectivity index (χ0v) is 12.2. The lowest BCUT2D eigenvalue weighted by Crippen LogP contribution is -2.19.